The van der Waals surface area contributed by atoms with Crippen molar-refractivity contribution in [2.24, 2.45) is 17.3 Å². The van der Waals surface area contributed by atoms with Gasteiger partial charge in [0.25, 0.3) is 0 Å². The van der Waals surface area contributed by atoms with Gasteiger partial charge >= 0.3 is 6.09 Å². The van der Waals surface area contributed by atoms with Gasteiger partial charge < -0.3 is 14.7 Å². The molecule has 5 heteroatoms. The van der Waals surface area contributed by atoms with E-state index in [-0.39, 0.29) is 6.09 Å². The first-order valence-corrected chi connectivity index (χ1v) is 10.8. The fourth-order valence-corrected chi connectivity index (χ4v) is 5.34. The normalized spacial score (nSPS) is 27.6. The molecule has 2 bridgehead atoms. The van der Waals surface area contributed by atoms with Crippen molar-refractivity contribution in [1.82, 2.24) is 4.90 Å². The summed E-state index contributed by atoms with van der Waals surface area (Å²) in [5.74, 6) is 1.49. The van der Waals surface area contributed by atoms with Crippen molar-refractivity contribution in [1.29, 1.82) is 0 Å². The average Bonchev–Trinajstić information content (AvgIpc) is 2.69. The molecule has 0 radical (unpaired) electrons. The van der Waals surface area contributed by atoms with Gasteiger partial charge in [0.1, 0.15) is 0 Å². The molecule has 0 aromatic heterocycles. The molecule has 1 saturated heterocycles. The van der Waals surface area contributed by atoms with Gasteiger partial charge in [0.05, 0.1) is 12.2 Å². The van der Waals surface area contributed by atoms with E-state index in [1.54, 1.807) is 17.0 Å². The van der Waals surface area contributed by atoms with Gasteiger partial charge in [-0.3, -0.25) is 0 Å². The number of allylic oxidation sites excluding steroid dienone is 1. The second kappa shape index (κ2) is 7.38. The number of likely N-dealkylation sites (tertiary alicyclic amines) is 1. The third kappa shape index (κ3) is 3.57. The Kier molecular flexibility index (Phi) is 5.22. The summed E-state index contributed by atoms with van der Waals surface area (Å²) in [6.45, 7) is 6.16. The lowest BCUT2D eigenvalue weighted by Gasteiger charge is -2.56. The number of hydrogen-bond donors (Lipinski definition) is 1. The first-order chi connectivity index (χ1) is 13.3. The van der Waals surface area contributed by atoms with Crippen LogP contribution in [0.1, 0.15) is 51.5 Å². The average molecular weight is 404 g/mol. The SMILES string of the molecule is CC1(C)C2CC=C(CCOC(=O)N3CCC(O)(c4ccc(Cl)cc4)CC3)C1C2. The second-order valence-electron chi connectivity index (χ2n) is 9.21. The summed E-state index contributed by atoms with van der Waals surface area (Å²) >= 11 is 5.94. The lowest BCUT2D eigenvalue weighted by atomic mass is 9.48. The molecule has 4 aliphatic rings. The van der Waals surface area contributed by atoms with Gasteiger partial charge in [-0.05, 0) is 60.6 Å². The number of rotatable bonds is 4. The molecule has 1 aromatic rings. The summed E-state index contributed by atoms with van der Waals surface area (Å²) in [7, 11) is 0. The minimum absolute atomic E-state index is 0.264. The molecule has 2 unspecified atom stereocenters. The number of piperidine rings is 1. The van der Waals surface area contributed by atoms with Crippen molar-refractivity contribution < 1.29 is 14.6 Å². The van der Waals surface area contributed by atoms with Crippen LogP contribution in [-0.2, 0) is 10.3 Å². The minimum atomic E-state index is -0.902. The maximum absolute atomic E-state index is 12.4. The van der Waals surface area contributed by atoms with E-state index in [9.17, 15) is 9.90 Å². The van der Waals surface area contributed by atoms with E-state index in [0.717, 1.165) is 17.9 Å². The molecule has 5 rings (SSSR count). The highest BCUT2D eigenvalue weighted by Crippen LogP contribution is 2.59. The Morgan fingerprint density at radius 3 is 2.54 bits per heavy atom. The number of carbonyl (C=O) groups is 1. The fourth-order valence-electron chi connectivity index (χ4n) is 5.21. The van der Waals surface area contributed by atoms with Crippen molar-refractivity contribution in [2.45, 2.75) is 51.6 Å². The molecule has 1 N–H and O–H groups in total. The molecular formula is C23H30ClNO3. The predicted octanol–water partition coefficient (Wildman–Crippen LogP) is 5.14. The number of carbonyl (C=O) groups excluding carboxylic acids is 1. The maximum Gasteiger partial charge on any atom is 0.409 e. The highest BCUT2D eigenvalue weighted by molar-refractivity contribution is 6.30. The molecular weight excluding hydrogens is 374 g/mol. The number of halogens is 1. The highest BCUT2D eigenvalue weighted by atomic mass is 35.5. The van der Waals surface area contributed by atoms with Crippen molar-refractivity contribution in [2.75, 3.05) is 19.7 Å². The summed E-state index contributed by atoms with van der Waals surface area (Å²) in [4.78, 5) is 14.1. The second-order valence-corrected chi connectivity index (χ2v) is 9.65. The van der Waals surface area contributed by atoms with Crippen LogP contribution < -0.4 is 0 Å². The number of nitrogens with zero attached hydrogens (tertiary/aromatic N) is 1. The smallest absolute Gasteiger partial charge is 0.409 e. The number of fused-ring (bicyclic) bond motifs is 1. The summed E-state index contributed by atoms with van der Waals surface area (Å²) in [5, 5.41) is 11.6. The zero-order valence-corrected chi connectivity index (χ0v) is 17.5. The summed E-state index contributed by atoms with van der Waals surface area (Å²) in [5.41, 5.74) is 1.83. The van der Waals surface area contributed by atoms with Crippen LogP contribution in [0, 0.1) is 17.3 Å². The lowest BCUT2D eigenvalue weighted by molar-refractivity contribution is -0.0258. The molecule has 2 fully saturated rings. The number of amides is 1. The van der Waals surface area contributed by atoms with Gasteiger partial charge in [0.2, 0.25) is 0 Å². The van der Waals surface area contributed by atoms with Crippen molar-refractivity contribution in [3.8, 4) is 0 Å². The Bertz CT molecular complexity index is 763. The Balaban J connectivity index is 1.24. The minimum Gasteiger partial charge on any atom is -0.449 e. The molecule has 3 aliphatic carbocycles. The topological polar surface area (TPSA) is 49.8 Å². The number of benzene rings is 1. The zero-order chi connectivity index (χ0) is 19.9. The Labute approximate surface area is 172 Å². The van der Waals surface area contributed by atoms with Crippen LogP contribution in [0.25, 0.3) is 0 Å². The molecule has 1 heterocycles. The molecule has 152 valence electrons. The van der Waals surface area contributed by atoms with Crippen molar-refractivity contribution in [3.63, 3.8) is 0 Å². The molecule has 28 heavy (non-hydrogen) atoms. The van der Waals surface area contributed by atoms with Crippen molar-refractivity contribution >= 4 is 17.7 Å². The van der Waals surface area contributed by atoms with E-state index in [4.69, 9.17) is 16.3 Å². The summed E-state index contributed by atoms with van der Waals surface area (Å²) < 4.78 is 5.55. The van der Waals surface area contributed by atoms with Crippen LogP contribution >= 0.6 is 11.6 Å². The van der Waals surface area contributed by atoms with Gasteiger partial charge in [0, 0.05) is 24.5 Å². The van der Waals surface area contributed by atoms with Gasteiger partial charge in [0.15, 0.2) is 0 Å². The maximum atomic E-state index is 12.4. The van der Waals surface area contributed by atoms with Crippen LogP contribution in [0.4, 0.5) is 4.79 Å². The number of hydrogen-bond acceptors (Lipinski definition) is 3. The highest BCUT2D eigenvalue weighted by Gasteiger charge is 2.50. The zero-order valence-electron chi connectivity index (χ0n) is 16.8. The molecule has 2 atom stereocenters. The molecule has 1 saturated carbocycles. The summed E-state index contributed by atoms with van der Waals surface area (Å²) in [6, 6.07) is 7.31. The first-order valence-electron chi connectivity index (χ1n) is 10.4. The van der Waals surface area contributed by atoms with Gasteiger partial charge in [-0.15, -0.1) is 0 Å². The van der Waals surface area contributed by atoms with E-state index >= 15 is 0 Å². The van der Waals surface area contributed by atoms with E-state index < -0.39 is 5.60 Å². The fraction of sp³-hybridized carbons (Fsp3) is 0.609. The van der Waals surface area contributed by atoms with E-state index in [2.05, 4.69) is 19.9 Å². The van der Waals surface area contributed by atoms with Crippen LogP contribution in [0.15, 0.2) is 35.9 Å². The lowest BCUT2D eigenvalue weighted by Crippen LogP contribution is -2.48. The molecule has 4 nitrogen and oxygen atoms in total. The third-order valence-corrected chi connectivity index (χ3v) is 7.68. The Morgan fingerprint density at radius 2 is 1.93 bits per heavy atom. The van der Waals surface area contributed by atoms with Gasteiger partial charge in [-0.2, -0.15) is 0 Å². The predicted molar refractivity (Wildman–Crippen MR) is 110 cm³/mol. The van der Waals surface area contributed by atoms with Crippen LogP contribution in [0.5, 0.6) is 0 Å². The first kappa shape index (κ1) is 19.8. The van der Waals surface area contributed by atoms with E-state index in [1.807, 2.05) is 12.1 Å². The Hall–Kier alpha value is -1.52. The van der Waals surface area contributed by atoms with Gasteiger partial charge in [-0.1, -0.05) is 49.2 Å². The third-order valence-electron chi connectivity index (χ3n) is 7.43. The van der Waals surface area contributed by atoms with Crippen LogP contribution in [0.2, 0.25) is 5.02 Å². The van der Waals surface area contributed by atoms with Crippen LogP contribution in [-0.4, -0.2) is 35.8 Å². The van der Waals surface area contributed by atoms with Crippen molar-refractivity contribution in [3.05, 3.63) is 46.5 Å². The van der Waals surface area contributed by atoms with Crippen LogP contribution in [0.3, 0.4) is 0 Å². The molecule has 0 spiro atoms. The quantitative estimate of drug-likeness (QED) is 0.708. The Morgan fingerprint density at radius 1 is 1.25 bits per heavy atom. The molecule has 1 amide bonds. The largest absolute Gasteiger partial charge is 0.449 e. The number of aliphatic hydroxyl groups is 1. The number of ether oxygens (including phenoxy) is 1. The molecule has 1 aliphatic heterocycles. The van der Waals surface area contributed by atoms with E-state index in [1.165, 1.54) is 18.4 Å². The summed E-state index contributed by atoms with van der Waals surface area (Å²) in [6.07, 6.45) is 6.42. The monoisotopic (exact) mass is 403 g/mol. The molecule has 1 aromatic carbocycles. The standard InChI is InChI=1S/C23H30ClNO3/c1-22(2)18-4-3-16(20(22)15-18)9-14-28-21(26)25-12-10-23(27,11-13-25)17-5-7-19(24)8-6-17/h3,5-8,18,20,27H,4,9-15H2,1-2H3. The van der Waals surface area contributed by atoms with Gasteiger partial charge in [-0.25, -0.2) is 4.79 Å². The van der Waals surface area contributed by atoms with E-state index in [0.29, 0.717) is 48.9 Å².